The Balaban J connectivity index is 1.63. The van der Waals surface area contributed by atoms with Gasteiger partial charge in [0, 0.05) is 6.54 Å². The van der Waals surface area contributed by atoms with Crippen molar-refractivity contribution in [2.24, 2.45) is 0 Å². The zero-order valence-electron chi connectivity index (χ0n) is 17.9. The maximum Gasteiger partial charge on any atom is 0.268 e. The van der Waals surface area contributed by atoms with Crippen LogP contribution in [0.2, 0.25) is 0 Å². The fourth-order valence-electron chi connectivity index (χ4n) is 3.44. The highest BCUT2D eigenvalue weighted by molar-refractivity contribution is 6.03. The van der Waals surface area contributed by atoms with Gasteiger partial charge in [0.1, 0.15) is 12.3 Å². The third kappa shape index (κ3) is 4.67. The van der Waals surface area contributed by atoms with Crippen LogP contribution < -0.4 is 24.4 Å². The Kier molecular flexibility index (Phi) is 6.82. The zero-order chi connectivity index (χ0) is 21.7. The van der Waals surface area contributed by atoms with E-state index in [1.165, 1.54) is 4.90 Å². The summed E-state index contributed by atoms with van der Waals surface area (Å²) in [5.41, 5.74) is 2.65. The Hall–Kier alpha value is -3.22. The Morgan fingerprint density at radius 1 is 1.13 bits per heavy atom. The van der Waals surface area contributed by atoms with Crippen LogP contribution in [0.3, 0.4) is 0 Å². The molecule has 0 unspecified atom stereocenters. The number of rotatable bonds is 8. The minimum Gasteiger partial charge on any atom is -0.493 e. The van der Waals surface area contributed by atoms with Gasteiger partial charge in [-0.3, -0.25) is 14.5 Å². The minimum atomic E-state index is -0.570. The monoisotopic (exact) mass is 412 g/mol. The molecular formula is C23H28N2O5. The second-order valence-corrected chi connectivity index (χ2v) is 7.20. The number of amides is 2. The number of ether oxygens (including phenoxy) is 3. The van der Waals surface area contributed by atoms with E-state index < -0.39 is 6.10 Å². The number of nitrogens with one attached hydrogen (secondary N) is 1. The molecule has 1 aliphatic rings. The van der Waals surface area contributed by atoms with Gasteiger partial charge in [-0.15, -0.1) is 0 Å². The highest BCUT2D eigenvalue weighted by Gasteiger charge is 2.34. The number of methoxy groups -OCH3 is 2. The molecule has 160 valence electrons. The summed E-state index contributed by atoms with van der Waals surface area (Å²) >= 11 is 0. The molecule has 2 aromatic carbocycles. The predicted octanol–water partition coefficient (Wildman–Crippen LogP) is 2.88. The van der Waals surface area contributed by atoms with Gasteiger partial charge in [-0.2, -0.15) is 0 Å². The van der Waals surface area contributed by atoms with Crippen LogP contribution in [0.25, 0.3) is 0 Å². The smallest absolute Gasteiger partial charge is 0.268 e. The van der Waals surface area contributed by atoms with Crippen LogP contribution in [0, 0.1) is 6.92 Å². The van der Waals surface area contributed by atoms with Gasteiger partial charge in [-0.1, -0.05) is 19.1 Å². The van der Waals surface area contributed by atoms with Crippen molar-refractivity contribution in [2.45, 2.75) is 32.8 Å². The summed E-state index contributed by atoms with van der Waals surface area (Å²) in [7, 11) is 3.18. The second kappa shape index (κ2) is 9.52. The van der Waals surface area contributed by atoms with Gasteiger partial charge >= 0.3 is 0 Å². The van der Waals surface area contributed by atoms with E-state index in [9.17, 15) is 9.59 Å². The molecule has 1 N–H and O–H groups in total. The van der Waals surface area contributed by atoms with E-state index in [2.05, 4.69) is 5.32 Å². The Morgan fingerprint density at radius 3 is 2.60 bits per heavy atom. The van der Waals surface area contributed by atoms with Crippen molar-refractivity contribution in [1.29, 1.82) is 0 Å². The van der Waals surface area contributed by atoms with E-state index in [1.807, 2.05) is 50.2 Å². The van der Waals surface area contributed by atoms with Crippen LogP contribution in [-0.4, -0.2) is 45.2 Å². The first kappa shape index (κ1) is 21.5. The predicted molar refractivity (Wildman–Crippen MR) is 114 cm³/mol. The molecule has 1 aliphatic heterocycles. The number of hydrogen-bond donors (Lipinski definition) is 1. The van der Waals surface area contributed by atoms with Crippen molar-refractivity contribution in [3.05, 3.63) is 47.5 Å². The van der Waals surface area contributed by atoms with E-state index >= 15 is 0 Å². The van der Waals surface area contributed by atoms with Crippen molar-refractivity contribution >= 4 is 17.5 Å². The molecule has 3 rings (SSSR count). The van der Waals surface area contributed by atoms with Crippen LogP contribution in [0.15, 0.2) is 36.4 Å². The summed E-state index contributed by atoms with van der Waals surface area (Å²) in [4.78, 5) is 26.9. The lowest BCUT2D eigenvalue weighted by molar-refractivity contribution is -0.129. The quantitative estimate of drug-likeness (QED) is 0.722. The third-order valence-corrected chi connectivity index (χ3v) is 5.07. The lowest BCUT2D eigenvalue weighted by Crippen LogP contribution is -2.49. The zero-order valence-corrected chi connectivity index (χ0v) is 17.9. The normalized spacial score (nSPS) is 15.3. The first-order chi connectivity index (χ1) is 14.5. The summed E-state index contributed by atoms with van der Waals surface area (Å²) in [6, 6.07) is 11.3. The highest BCUT2D eigenvalue weighted by atomic mass is 16.5. The molecule has 2 aromatic rings. The molecule has 0 fully saturated rings. The standard InChI is InChI=1S/C23H28N2O5/c1-5-18-23(27)25(17-12-15(2)6-8-19(17)30-18)14-22(26)24-11-10-16-7-9-20(28-3)21(13-16)29-4/h6-9,12-13,18H,5,10-11,14H2,1-4H3,(H,24,26)/t18-/m1/s1. The van der Waals surface area contributed by atoms with Crippen molar-refractivity contribution in [2.75, 3.05) is 32.2 Å². The van der Waals surface area contributed by atoms with E-state index in [4.69, 9.17) is 14.2 Å². The van der Waals surface area contributed by atoms with Crippen molar-refractivity contribution in [1.82, 2.24) is 5.32 Å². The van der Waals surface area contributed by atoms with E-state index in [1.54, 1.807) is 14.2 Å². The number of anilines is 1. The van der Waals surface area contributed by atoms with Gasteiger partial charge in [0.05, 0.1) is 19.9 Å². The van der Waals surface area contributed by atoms with Gasteiger partial charge in [0.15, 0.2) is 17.6 Å². The number of carbonyl (C=O) groups excluding carboxylic acids is 2. The molecule has 0 aliphatic carbocycles. The number of nitrogens with zero attached hydrogens (tertiary/aromatic N) is 1. The van der Waals surface area contributed by atoms with Crippen molar-refractivity contribution in [3.8, 4) is 17.2 Å². The summed E-state index contributed by atoms with van der Waals surface area (Å²) in [6.45, 7) is 4.24. The number of benzene rings is 2. The van der Waals surface area contributed by atoms with Gasteiger partial charge in [0.25, 0.3) is 5.91 Å². The Labute approximate surface area is 176 Å². The average molecular weight is 412 g/mol. The molecular weight excluding hydrogens is 384 g/mol. The topological polar surface area (TPSA) is 77.1 Å². The molecule has 0 radical (unpaired) electrons. The van der Waals surface area contributed by atoms with Crippen LogP contribution >= 0.6 is 0 Å². The highest BCUT2D eigenvalue weighted by Crippen LogP contribution is 2.35. The summed E-state index contributed by atoms with van der Waals surface area (Å²) < 4.78 is 16.3. The van der Waals surface area contributed by atoms with Crippen LogP contribution in [0.4, 0.5) is 5.69 Å². The molecule has 0 saturated carbocycles. The fourth-order valence-corrected chi connectivity index (χ4v) is 3.44. The molecule has 0 saturated heterocycles. The summed E-state index contributed by atoms with van der Waals surface area (Å²) in [5.74, 6) is 1.54. The molecule has 7 heteroatoms. The number of carbonyl (C=O) groups is 2. The average Bonchev–Trinajstić information content (AvgIpc) is 2.75. The van der Waals surface area contributed by atoms with E-state index in [0.29, 0.717) is 42.3 Å². The summed E-state index contributed by atoms with van der Waals surface area (Å²) in [6.07, 6.45) is 0.611. The van der Waals surface area contributed by atoms with Crippen molar-refractivity contribution in [3.63, 3.8) is 0 Å². The number of fused-ring (bicyclic) bond motifs is 1. The molecule has 0 aromatic heterocycles. The van der Waals surface area contributed by atoms with Crippen LogP contribution in [0.5, 0.6) is 17.2 Å². The molecule has 2 amide bonds. The van der Waals surface area contributed by atoms with Crippen molar-refractivity contribution < 1.29 is 23.8 Å². The Bertz CT molecular complexity index is 928. The Morgan fingerprint density at radius 2 is 1.90 bits per heavy atom. The number of hydrogen-bond acceptors (Lipinski definition) is 5. The van der Waals surface area contributed by atoms with Gasteiger partial charge in [-0.25, -0.2) is 0 Å². The molecule has 7 nitrogen and oxygen atoms in total. The number of aryl methyl sites for hydroxylation is 1. The third-order valence-electron chi connectivity index (χ3n) is 5.07. The van der Waals surface area contributed by atoms with Gasteiger partial charge in [0.2, 0.25) is 5.91 Å². The SMILES string of the molecule is CC[C@H]1Oc2ccc(C)cc2N(CC(=O)NCCc2ccc(OC)c(OC)c2)C1=O. The first-order valence-corrected chi connectivity index (χ1v) is 10.0. The summed E-state index contributed by atoms with van der Waals surface area (Å²) in [5, 5.41) is 2.90. The maximum atomic E-state index is 12.8. The van der Waals surface area contributed by atoms with E-state index in [0.717, 1.165) is 11.1 Å². The fraction of sp³-hybridized carbons (Fsp3) is 0.391. The lowest BCUT2D eigenvalue weighted by atomic mass is 10.1. The lowest BCUT2D eigenvalue weighted by Gasteiger charge is -2.33. The molecule has 1 heterocycles. The van der Waals surface area contributed by atoms with Gasteiger partial charge < -0.3 is 19.5 Å². The van der Waals surface area contributed by atoms with Crippen LogP contribution in [-0.2, 0) is 16.0 Å². The van der Waals surface area contributed by atoms with Crippen LogP contribution in [0.1, 0.15) is 24.5 Å². The molecule has 30 heavy (non-hydrogen) atoms. The van der Waals surface area contributed by atoms with Gasteiger partial charge in [-0.05, 0) is 55.2 Å². The largest absolute Gasteiger partial charge is 0.493 e. The first-order valence-electron chi connectivity index (χ1n) is 10.0. The molecule has 0 spiro atoms. The minimum absolute atomic E-state index is 0.0406. The second-order valence-electron chi connectivity index (χ2n) is 7.20. The molecule has 0 bridgehead atoms. The maximum absolute atomic E-state index is 12.8. The molecule has 1 atom stereocenters. The van der Waals surface area contributed by atoms with E-state index in [-0.39, 0.29) is 18.4 Å².